The predicted molar refractivity (Wildman–Crippen MR) is 107 cm³/mol. The predicted octanol–water partition coefficient (Wildman–Crippen LogP) is 5.25. The van der Waals surface area contributed by atoms with E-state index in [2.05, 4.69) is 65.6 Å². The Morgan fingerprint density at radius 1 is 0.808 bits per heavy atom. The first kappa shape index (κ1) is 17.8. The van der Waals surface area contributed by atoms with Crippen molar-refractivity contribution in [3.63, 3.8) is 0 Å². The lowest BCUT2D eigenvalue weighted by Crippen LogP contribution is -2.36. The smallest absolute Gasteiger partial charge is 0.0720 e. The Labute approximate surface area is 158 Å². The Morgan fingerprint density at radius 3 is 2.23 bits per heavy atom. The van der Waals surface area contributed by atoms with Gasteiger partial charge in [0.2, 0.25) is 0 Å². The molecule has 1 aliphatic heterocycles. The Hall–Kier alpha value is -1.64. The van der Waals surface area contributed by atoms with E-state index in [0.29, 0.717) is 6.10 Å². The van der Waals surface area contributed by atoms with E-state index in [1.165, 1.54) is 62.9 Å². The van der Waals surface area contributed by atoms with Crippen molar-refractivity contribution in [3.8, 4) is 0 Å². The van der Waals surface area contributed by atoms with Crippen LogP contribution in [0.15, 0.2) is 60.7 Å². The Bertz CT molecular complexity index is 648. The Balaban J connectivity index is 1.18. The van der Waals surface area contributed by atoms with E-state index in [1.54, 1.807) is 0 Å². The molecule has 0 aromatic heterocycles. The average molecular weight is 350 g/mol. The summed E-state index contributed by atoms with van der Waals surface area (Å²) in [6.45, 7) is 4.55. The van der Waals surface area contributed by atoms with E-state index in [4.69, 9.17) is 4.74 Å². The van der Waals surface area contributed by atoms with Crippen molar-refractivity contribution in [2.45, 2.75) is 50.7 Å². The number of nitrogens with zero attached hydrogens (tertiary/aromatic N) is 1. The van der Waals surface area contributed by atoms with Gasteiger partial charge in [-0.3, -0.25) is 0 Å². The zero-order chi connectivity index (χ0) is 17.6. The second-order valence-electron chi connectivity index (χ2n) is 8.08. The van der Waals surface area contributed by atoms with E-state index in [0.717, 1.165) is 18.4 Å². The van der Waals surface area contributed by atoms with Gasteiger partial charge < -0.3 is 9.64 Å². The van der Waals surface area contributed by atoms with Crippen molar-refractivity contribution in [1.82, 2.24) is 4.90 Å². The normalized spacial score (nSPS) is 24.8. The van der Waals surface area contributed by atoms with E-state index >= 15 is 0 Å². The van der Waals surface area contributed by atoms with E-state index in [-0.39, 0.29) is 0 Å². The summed E-state index contributed by atoms with van der Waals surface area (Å²) in [6, 6.07) is 21.6. The Morgan fingerprint density at radius 2 is 1.50 bits per heavy atom. The molecule has 0 radical (unpaired) electrons. The van der Waals surface area contributed by atoms with Gasteiger partial charge in [0, 0.05) is 6.54 Å². The molecular weight excluding hydrogens is 318 g/mol. The maximum atomic E-state index is 6.16. The van der Waals surface area contributed by atoms with Crippen LogP contribution in [0.2, 0.25) is 0 Å². The van der Waals surface area contributed by atoms with Crippen LogP contribution in [0.25, 0.3) is 0 Å². The highest BCUT2D eigenvalue weighted by atomic mass is 16.5. The lowest BCUT2D eigenvalue weighted by atomic mass is 9.89. The molecule has 0 spiro atoms. The van der Waals surface area contributed by atoms with Crippen LogP contribution in [0, 0.1) is 5.92 Å². The fraction of sp³-hybridized carbons (Fsp3) is 0.500. The van der Waals surface area contributed by atoms with Gasteiger partial charge in [0.05, 0.1) is 12.7 Å². The number of hydrogen-bond donors (Lipinski definition) is 0. The van der Waals surface area contributed by atoms with Crippen molar-refractivity contribution in [1.29, 1.82) is 0 Å². The summed E-state index contributed by atoms with van der Waals surface area (Å²) in [5, 5.41) is 0. The highest BCUT2D eigenvalue weighted by Gasteiger charge is 2.28. The quantitative estimate of drug-likeness (QED) is 0.706. The molecular formula is C24H31NO. The van der Waals surface area contributed by atoms with Crippen LogP contribution in [0.3, 0.4) is 0 Å². The fourth-order valence-electron chi connectivity index (χ4n) is 4.67. The molecule has 138 valence electrons. The molecule has 1 saturated heterocycles. The SMILES string of the molecule is c1ccc(COC2CCC(CN3CCC(c4ccccc4)CC3)C2)cc1. The van der Waals surface area contributed by atoms with Gasteiger partial charge in [-0.25, -0.2) is 0 Å². The molecule has 2 aliphatic rings. The number of ether oxygens (including phenoxy) is 1. The Kier molecular flexibility index (Phi) is 6.03. The summed E-state index contributed by atoms with van der Waals surface area (Å²) in [7, 11) is 0. The van der Waals surface area contributed by atoms with Gasteiger partial charge >= 0.3 is 0 Å². The fourth-order valence-corrected chi connectivity index (χ4v) is 4.67. The monoisotopic (exact) mass is 349 g/mol. The van der Waals surface area contributed by atoms with Crippen molar-refractivity contribution in [2.24, 2.45) is 5.92 Å². The summed E-state index contributed by atoms with van der Waals surface area (Å²) >= 11 is 0. The van der Waals surface area contributed by atoms with Crippen LogP contribution >= 0.6 is 0 Å². The molecule has 26 heavy (non-hydrogen) atoms. The minimum absolute atomic E-state index is 0.460. The first-order chi connectivity index (χ1) is 12.9. The third kappa shape index (κ3) is 4.75. The molecule has 0 amide bonds. The number of piperidine rings is 1. The molecule has 1 saturated carbocycles. The molecule has 1 aliphatic carbocycles. The molecule has 4 rings (SSSR count). The zero-order valence-electron chi connectivity index (χ0n) is 15.7. The number of rotatable bonds is 6. The number of hydrogen-bond acceptors (Lipinski definition) is 2. The minimum atomic E-state index is 0.460. The van der Waals surface area contributed by atoms with Gasteiger partial charge in [0.25, 0.3) is 0 Å². The first-order valence-corrected chi connectivity index (χ1v) is 10.3. The molecule has 2 aromatic carbocycles. The standard InChI is InChI=1S/C24H31NO/c1-3-7-20(8-4-1)19-26-24-12-11-21(17-24)18-25-15-13-23(14-16-25)22-9-5-2-6-10-22/h1-10,21,23-24H,11-19H2. The molecule has 2 nitrogen and oxygen atoms in total. The van der Waals surface area contributed by atoms with Gasteiger partial charge in [0.15, 0.2) is 0 Å². The molecule has 0 N–H and O–H groups in total. The molecule has 1 heterocycles. The summed E-state index contributed by atoms with van der Waals surface area (Å²) < 4.78 is 6.16. The van der Waals surface area contributed by atoms with E-state index in [1.807, 2.05) is 0 Å². The average Bonchev–Trinajstić information content (AvgIpc) is 3.16. The maximum absolute atomic E-state index is 6.16. The van der Waals surface area contributed by atoms with Gasteiger partial charge in [-0.15, -0.1) is 0 Å². The zero-order valence-corrected chi connectivity index (χ0v) is 15.7. The molecule has 2 unspecified atom stereocenters. The van der Waals surface area contributed by atoms with Crippen molar-refractivity contribution in [3.05, 3.63) is 71.8 Å². The molecule has 2 atom stereocenters. The van der Waals surface area contributed by atoms with Crippen molar-refractivity contribution >= 4 is 0 Å². The summed E-state index contributed by atoms with van der Waals surface area (Å²) in [4.78, 5) is 2.70. The number of benzene rings is 2. The molecule has 2 aromatic rings. The third-order valence-corrected chi connectivity index (χ3v) is 6.20. The first-order valence-electron chi connectivity index (χ1n) is 10.3. The van der Waals surface area contributed by atoms with Crippen molar-refractivity contribution in [2.75, 3.05) is 19.6 Å². The lowest BCUT2D eigenvalue weighted by molar-refractivity contribution is 0.0412. The second kappa shape index (κ2) is 8.83. The highest BCUT2D eigenvalue weighted by molar-refractivity contribution is 5.20. The summed E-state index contributed by atoms with van der Waals surface area (Å²) in [6.07, 6.45) is 6.89. The minimum Gasteiger partial charge on any atom is -0.374 e. The van der Waals surface area contributed by atoms with Gasteiger partial charge in [0.1, 0.15) is 0 Å². The van der Waals surface area contributed by atoms with Crippen molar-refractivity contribution < 1.29 is 4.74 Å². The van der Waals surface area contributed by atoms with Gasteiger partial charge in [-0.2, -0.15) is 0 Å². The van der Waals surface area contributed by atoms with Crippen LogP contribution in [-0.4, -0.2) is 30.6 Å². The summed E-state index contributed by atoms with van der Waals surface area (Å²) in [5.41, 5.74) is 2.82. The topological polar surface area (TPSA) is 12.5 Å². The van der Waals surface area contributed by atoms with Crippen LogP contribution in [0.4, 0.5) is 0 Å². The largest absolute Gasteiger partial charge is 0.374 e. The molecule has 2 heteroatoms. The van der Waals surface area contributed by atoms with Crippen LogP contribution in [0.5, 0.6) is 0 Å². The third-order valence-electron chi connectivity index (χ3n) is 6.20. The second-order valence-corrected chi connectivity index (χ2v) is 8.08. The van der Waals surface area contributed by atoms with E-state index < -0.39 is 0 Å². The van der Waals surface area contributed by atoms with Gasteiger partial charge in [-0.05, 0) is 68.2 Å². The van der Waals surface area contributed by atoms with Gasteiger partial charge in [-0.1, -0.05) is 60.7 Å². The lowest BCUT2D eigenvalue weighted by Gasteiger charge is -2.33. The molecule has 0 bridgehead atoms. The van der Waals surface area contributed by atoms with Crippen LogP contribution < -0.4 is 0 Å². The van der Waals surface area contributed by atoms with Crippen LogP contribution in [0.1, 0.15) is 49.1 Å². The van der Waals surface area contributed by atoms with E-state index in [9.17, 15) is 0 Å². The highest BCUT2D eigenvalue weighted by Crippen LogP contribution is 2.32. The number of likely N-dealkylation sites (tertiary alicyclic amines) is 1. The maximum Gasteiger partial charge on any atom is 0.0720 e. The van der Waals surface area contributed by atoms with Crippen LogP contribution in [-0.2, 0) is 11.3 Å². The summed E-state index contributed by atoms with van der Waals surface area (Å²) in [5.74, 6) is 1.59. The molecule has 2 fully saturated rings.